The number of ether oxygens (including phenoxy) is 2. The van der Waals surface area contributed by atoms with Crippen LogP contribution < -0.4 is 20.5 Å². The minimum absolute atomic E-state index is 0.214. The van der Waals surface area contributed by atoms with Crippen LogP contribution >= 0.6 is 0 Å². The van der Waals surface area contributed by atoms with E-state index >= 15 is 0 Å². The summed E-state index contributed by atoms with van der Waals surface area (Å²) < 4.78 is 10.4. The third kappa shape index (κ3) is 2.54. The molecule has 7 heteroatoms. The van der Waals surface area contributed by atoms with E-state index in [-0.39, 0.29) is 12.0 Å². The normalized spacial score (nSPS) is 14.0. The number of amides is 2. The number of methoxy groups -OCH3 is 2. The molecule has 0 aromatic heterocycles. The number of hydrogen-bond acceptors (Lipinski definition) is 5. The molecular weight excluding hydrogens is 248 g/mol. The van der Waals surface area contributed by atoms with Gasteiger partial charge in [-0.05, 0) is 12.1 Å². The van der Waals surface area contributed by atoms with Gasteiger partial charge in [-0.2, -0.15) is 0 Å². The molecule has 3 N–H and O–H groups in total. The second kappa shape index (κ2) is 5.47. The van der Waals surface area contributed by atoms with Gasteiger partial charge in [0.25, 0.3) is 0 Å². The highest BCUT2D eigenvalue weighted by Gasteiger charge is 2.23. The van der Waals surface area contributed by atoms with E-state index in [0.717, 1.165) is 0 Å². The average molecular weight is 264 g/mol. The fraction of sp³-hybridized carbons (Fsp3) is 0.333. The average Bonchev–Trinajstić information content (AvgIpc) is 2.85. The van der Waals surface area contributed by atoms with Crippen LogP contribution in [0.4, 0.5) is 10.5 Å². The van der Waals surface area contributed by atoms with Gasteiger partial charge in [-0.25, -0.2) is 4.79 Å². The Morgan fingerprint density at radius 2 is 2.00 bits per heavy atom. The van der Waals surface area contributed by atoms with Crippen LogP contribution in [-0.4, -0.2) is 44.2 Å². The number of urea groups is 1. The van der Waals surface area contributed by atoms with Crippen molar-refractivity contribution in [3.05, 3.63) is 18.2 Å². The highest BCUT2D eigenvalue weighted by molar-refractivity contribution is 6.04. The highest BCUT2D eigenvalue weighted by Crippen LogP contribution is 2.34. The summed E-state index contributed by atoms with van der Waals surface area (Å²) in [7, 11) is 3.05. The van der Waals surface area contributed by atoms with Gasteiger partial charge in [0.1, 0.15) is 17.2 Å². The number of carbonyl (C=O) groups is 1. The zero-order valence-electron chi connectivity index (χ0n) is 10.8. The van der Waals surface area contributed by atoms with E-state index in [1.165, 1.54) is 19.1 Å². The predicted octanol–water partition coefficient (Wildman–Crippen LogP) is 0.866. The van der Waals surface area contributed by atoms with Crippen molar-refractivity contribution in [2.24, 2.45) is 10.7 Å². The van der Waals surface area contributed by atoms with Gasteiger partial charge in [-0.3, -0.25) is 9.89 Å². The summed E-state index contributed by atoms with van der Waals surface area (Å²) in [6.07, 6.45) is 0. The molecule has 0 saturated heterocycles. The lowest BCUT2D eigenvalue weighted by Crippen LogP contribution is -2.41. The summed E-state index contributed by atoms with van der Waals surface area (Å²) in [5.74, 6) is 1.25. The van der Waals surface area contributed by atoms with Crippen LogP contribution in [0.3, 0.4) is 0 Å². The topological polar surface area (TPSA) is 89.2 Å². The number of hydrogen-bond donors (Lipinski definition) is 2. The minimum Gasteiger partial charge on any atom is -0.494 e. The van der Waals surface area contributed by atoms with Crippen LogP contribution in [0, 0.1) is 0 Å². The Labute approximate surface area is 111 Å². The predicted molar refractivity (Wildman–Crippen MR) is 71.8 cm³/mol. The number of benzene rings is 1. The van der Waals surface area contributed by atoms with Crippen molar-refractivity contribution in [1.29, 1.82) is 0 Å². The summed E-state index contributed by atoms with van der Waals surface area (Å²) >= 11 is 0. The lowest BCUT2D eigenvalue weighted by atomic mass is 10.2. The van der Waals surface area contributed by atoms with Crippen LogP contribution in [0.5, 0.6) is 11.5 Å². The van der Waals surface area contributed by atoms with E-state index in [1.54, 1.807) is 18.2 Å². The quantitative estimate of drug-likeness (QED) is 0.847. The summed E-state index contributed by atoms with van der Waals surface area (Å²) in [5, 5.41) is 2.73. The van der Waals surface area contributed by atoms with Crippen molar-refractivity contribution in [1.82, 2.24) is 4.90 Å². The molecule has 0 spiro atoms. The Bertz CT molecular complexity index is 493. The summed E-state index contributed by atoms with van der Waals surface area (Å²) in [6.45, 7) is 0.984. The van der Waals surface area contributed by atoms with E-state index in [4.69, 9.17) is 15.2 Å². The number of para-hydroxylation sites is 1. The molecule has 0 atom stereocenters. The maximum Gasteiger partial charge on any atom is 0.328 e. The Morgan fingerprint density at radius 1 is 1.37 bits per heavy atom. The Hall–Kier alpha value is -2.44. The number of anilines is 1. The SMILES string of the molecule is COc1cccc(OC)c1NC(=O)N1CCN=C1N. The third-order valence-electron chi connectivity index (χ3n) is 2.78. The molecule has 0 unspecified atom stereocenters. The molecule has 19 heavy (non-hydrogen) atoms. The Balaban J connectivity index is 2.23. The minimum atomic E-state index is -0.360. The van der Waals surface area contributed by atoms with Crippen LogP contribution in [0.25, 0.3) is 0 Å². The number of carbonyl (C=O) groups excluding carboxylic acids is 1. The number of rotatable bonds is 3. The van der Waals surface area contributed by atoms with E-state index in [2.05, 4.69) is 10.3 Å². The summed E-state index contributed by atoms with van der Waals surface area (Å²) in [6, 6.07) is 4.89. The first-order chi connectivity index (χ1) is 9.17. The van der Waals surface area contributed by atoms with Gasteiger partial charge < -0.3 is 20.5 Å². The number of nitrogens with zero attached hydrogens (tertiary/aromatic N) is 2. The molecule has 0 radical (unpaired) electrons. The first-order valence-corrected chi connectivity index (χ1v) is 5.76. The molecule has 1 aromatic carbocycles. The first kappa shape index (κ1) is 13.0. The monoisotopic (exact) mass is 264 g/mol. The summed E-state index contributed by atoms with van der Waals surface area (Å²) in [4.78, 5) is 17.4. The number of guanidine groups is 1. The molecule has 1 aliphatic rings. The zero-order valence-corrected chi connectivity index (χ0v) is 10.8. The van der Waals surface area contributed by atoms with Gasteiger partial charge in [0.2, 0.25) is 0 Å². The second-order valence-electron chi connectivity index (χ2n) is 3.86. The number of nitrogens with two attached hydrogens (primary N) is 1. The molecule has 102 valence electrons. The lowest BCUT2D eigenvalue weighted by Gasteiger charge is -2.19. The largest absolute Gasteiger partial charge is 0.494 e. The van der Waals surface area contributed by atoms with E-state index in [9.17, 15) is 4.79 Å². The van der Waals surface area contributed by atoms with E-state index in [0.29, 0.717) is 30.3 Å². The van der Waals surface area contributed by atoms with Gasteiger partial charge >= 0.3 is 6.03 Å². The fourth-order valence-corrected chi connectivity index (χ4v) is 1.82. The zero-order chi connectivity index (χ0) is 13.8. The molecule has 0 saturated carbocycles. The molecular formula is C12H16N4O3. The molecule has 1 aromatic rings. The van der Waals surface area contributed by atoms with Gasteiger partial charge in [0, 0.05) is 0 Å². The van der Waals surface area contributed by atoms with Gasteiger partial charge in [-0.15, -0.1) is 0 Å². The van der Waals surface area contributed by atoms with E-state index in [1.807, 2.05) is 0 Å². The molecule has 1 aliphatic heterocycles. The molecule has 0 aliphatic carbocycles. The van der Waals surface area contributed by atoms with Crippen molar-refractivity contribution in [3.63, 3.8) is 0 Å². The molecule has 1 heterocycles. The van der Waals surface area contributed by atoms with Crippen molar-refractivity contribution in [2.45, 2.75) is 0 Å². The van der Waals surface area contributed by atoms with Crippen LogP contribution in [0.15, 0.2) is 23.2 Å². The Kier molecular flexibility index (Phi) is 3.74. The highest BCUT2D eigenvalue weighted by atomic mass is 16.5. The van der Waals surface area contributed by atoms with E-state index < -0.39 is 0 Å². The van der Waals surface area contributed by atoms with Crippen molar-refractivity contribution in [3.8, 4) is 11.5 Å². The fourth-order valence-electron chi connectivity index (χ4n) is 1.82. The Morgan fingerprint density at radius 3 is 2.47 bits per heavy atom. The van der Waals surface area contributed by atoms with Crippen molar-refractivity contribution in [2.75, 3.05) is 32.6 Å². The standard InChI is InChI=1S/C12H16N4O3/c1-18-8-4-3-5-9(19-2)10(8)15-12(17)16-7-6-14-11(16)13/h3-5H,6-7H2,1-2H3,(H2,13,14)(H,15,17). The van der Waals surface area contributed by atoms with Gasteiger partial charge in [0.15, 0.2) is 5.96 Å². The van der Waals surface area contributed by atoms with Crippen molar-refractivity contribution < 1.29 is 14.3 Å². The lowest BCUT2D eigenvalue weighted by molar-refractivity contribution is 0.235. The second-order valence-corrected chi connectivity index (χ2v) is 3.86. The molecule has 2 amide bonds. The van der Waals surface area contributed by atoms with Crippen molar-refractivity contribution >= 4 is 17.7 Å². The maximum absolute atomic E-state index is 12.1. The first-order valence-electron chi connectivity index (χ1n) is 5.76. The third-order valence-corrected chi connectivity index (χ3v) is 2.78. The molecule has 0 fully saturated rings. The van der Waals surface area contributed by atoms with Gasteiger partial charge in [0.05, 0.1) is 27.3 Å². The number of nitrogens with one attached hydrogen (secondary N) is 1. The smallest absolute Gasteiger partial charge is 0.328 e. The van der Waals surface area contributed by atoms with Gasteiger partial charge in [-0.1, -0.05) is 6.07 Å². The maximum atomic E-state index is 12.1. The summed E-state index contributed by atoms with van der Waals surface area (Å²) in [5.41, 5.74) is 6.10. The van der Waals surface area contributed by atoms with Crippen LogP contribution in [-0.2, 0) is 0 Å². The van der Waals surface area contributed by atoms with Crippen LogP contribution in [0.2, 0.25) is 0 Å². The molecule has 7 nitrogen and oxygen atoms in total. The number of aliphatic imine (C=N–C) groups is 1. The van der Waals surface area contributed by atoms with Crippen LogP contribution in [0.1, 0.15) is 0 Å². The molecule has 0 bridgehead atoms. The molecule has 2 rings (SSSR count).